The molecule has 3 unspecified atom stereocenters. The van der Waals surface area contributed by atoms with E-state index in [1.807, 2.05) is 6.92 Å². The van der Waals surface area contributed by atoms with Crippen LogP contribution in [0.5, 0.6) is 0 Å². The molecule has 4 nitrogen and oxygen atoms in total. The van der Waals surface area contributed by atoms with Crippen molar-refractivity contribution >= 4 is 23.4 Å². The summed E-state index contributed by atoms with van der Waals surface area (Å²) in [6.07, 6.45) is 6.64. The van der Waals surface area contributed by atoms with E-state index in [1.165, 1.54) is 12.8 Å². The Labute approximate surface area is 125 Å². The van der Waals surface area contributed by atoms with Gasteiger partial charge in [0, 0.05) is 12.6 Å². The van der Waals surface area contributed by atoms with Gasteiger partial charge in [0.05, 0.1) is 4.87 Å². The van der Waals surface area contributed by atoms with Gasteiger partial charge in [-0.2, -0.15) is 0 Å². The molecule has 0 aromatic heterocycles. The van der Waals surface area contributed by atoms with E-state index in [4.69, 9.17) is 11.6 Å². The Morgan fingerprint density at radius 1 is 1.40 bits per heavy atom. The van der Waals surface area contributed by atoms with Crippen molar-refractivity contribution in [3.05, 3.63) is 0 Å². The van der Waals surface area contributed by atoms with Crippen LogP contribution in [-0.2, 0) is 9.59 Å². The summed E-state index contributed by atoms with van der Waals surface area (Å²) in [5, 5.41) is 5.85. The smallest absolute Gasteiger partial charge is 0.233 e. The van der Waals surface area contributed by atoms with Crippen LogP contribution >= 0.6 is 11.6 Å². The maximum absolute atomic E-state index is 12.5. The highest BCUT2D eigenvalue weighted by atomic mass is 35.5. The molecule has 0 aromatic rings. The molecule has 2 saturated carbocycles. The molecule has 5 heteroatoms. The van der Waals surface area contributed by atoms with Crippen molar-refractivity contribution in [3.63, 3.8) is 0 Å². The monoisotopic (exact) mass is 298 g/mol. The minimum atomic E-state index is -0.514. The van der Waals surface area contributed by atoms with Crippen molar-refractivity contribution in [2.75, 3.05) is 6.54 Å². The summed E-state index contributed by atoms with van der Waals surface area (Å²) in [4.78, 5) is 24.2. The molecule has 2 N–H and O–H groups in total. The van der Waals surface area contributed by atoms with Gasteiger partial charge in [0.25, 0.3) is 0 Å². The molecule has 1 heterocycles. The van der Waals surface area contributed by atoms with Crippen molar-refractivity contribution < 1.29 is 9.59 Å². The number of hydrogen-bond acceptors (Lipinski definition) is 2. The summed E-state index contributed by atoms with van der Waals surface area (Å²) < 4.78 is 0. The van der Waals surface area contributed by atoms with Crippen LogP contribution in [0.1, 0.15) is 45.4 Å². The Morgan fingerprint density at radius 2 is 2.05 bits per heavy atom. The minimum absolute atomic E-state index is 0.0608. The third-order valence-corrected chi connectivity index (χ3v) is 6.08. The van der Waals surface area contributed by atoms with E-state index in [-0.39, 0.29) is 28.6 Å². The van der Waals surface area contributed by atoms with Crippen LogP contribution in [0.3, 0.4) is 0 Å². The zero-order valence-corrected chi connectivity index (χ0v) is 12.7. The van der Waals surface area contributed by atoms with E-state index < -0.39 is 5.92 Å². The summed E-state index contributed by atoms with van der Waals surface area (Å²) in [7, 11) is 0. The second kappa shape index (κ2) is 5.21. The maximum atomic E-state index is 12.5. The van der Waals surface area contributed by atoms with Crippen molar-refractivity contribution in [2.45, 2.75) is 56.4 Å². The highest BCUT2D eigenvalue weighted by Gasteiger charge is 2.49. The Hall–Kier alpha value is -0.770. The van der Waals surface area contributed by atoms with Gasteiger partial charge in [0.2, 0.25) is 11.8 Å². The number of carbonyl (C=O) groups is 2. The molecular formula is C15H23ClN2O2. The molecule has 20 heavy (non-hydrogen) atoms. The maximum Gasteiger partial charge on any atom is 0.233 e. The first kappa shape index (κ1) is 14.2. The third kappa shape index (κ3) is 2.54. The predicted molar refractivity (Wildman–Crippen MR) is 77.4 cm³/mol. The first-order valence-corrected chi connectivity index (χ1v) is 8.16. The molecule has 0 bridgehead atoms. The minimum Gasteiger partial charge on any atom is -0.355 e. The molecule has 2 aliphatic carbocycles. The lowest BCUT2D eigenvalue weighted by Gasteiger charge is -2.25. The summed E-state index contributed by atoms with van der Waals surface area (Å²) in [5.74, 6) is -0.0597. The Kier molecular flexibility index (Phi) is 3.69. The van der Waals surface area contributed by atoms with Crippen LogP contribution in [-0.4, -0.2) is 29.3 Å². The van der Waals surface area contributed by atoms with Gasteiger partial charge in [-0.3, -0.25) is 9.59 Å². The largest absolute Gasteiger partial charge is 0.355 e. The zero-order chi connectivity index (χ0) is 14.3. The average molecular weight is 299 g/mol. The molecule has 3 aliphatic rings. The predicted octanol–water partition coefficient (Wildman–Crippen LogP) is 1.81. The number of rotatable bonds is 4. The highest BCUT2D eigenvalue weighted by molar-refractivity contribution is 6.26. The fourth-order valence-electron chi connectivity index (χ4n) is 3.76. The van der Waals surface area contributed by atoms with Crippen LogP contribution < -0.4 is 10.6 Å². The molecule has 1 aliphatic heterocycles. The van der Waals surface area contributed by atoms with E-state index in [2.05, 4.69) is 10.6 Å². The van der Waals surface area contributed by atoms with Gasteiger partial charge in [-0.1, -0.05) is 25.7 Å². The number of alkyl halides is 1. The third-order valence-electron chi connectivity index (χ3n) is 5.37. The van der Waals surface area contributed by atoms with Gasteiger partial charge in [-0.25, -0.2) is 0 Å². The molecular weight excluding hydrogens is 276 g/mol. The summed E-state index contributed by atoms with van der Waals surface area (Å²) in [5.41, 5.74) is 0. The first-order chi connectivity index (χ1) is 9.51. The Bertz CT molecular complexity index is 416. The summed E-state index contributed by atoms with van der Waals surface area (Å²) in [6, 6.07) is -0.0608. The van der Waals surface area contributed by atoms with Gasteiger partial charge < -0.3 is 10.6 Å². The van der Waals surface area contributed by atoms with E-state index in [0.717, 1.165) is 25.7 Å². The molecule has 0 aromatic carbocycles. The lowest BCUT2D eigenvalue weighted by molar-refractivity contribution is -0.135. The second-order valence-electron chi connectivity index (χ2n) is 6.70. The molecule has 1 saturated heterocycles. The number of carbonyl (C=O) groups excluding carboxylic acids is 2. The van der Waals surface area contributed by atoms with Crippen molar-refractivity contribution in [2.24, 2.45) is 17.8 Å². The van der Waals surface area contributed by atoms with Gasteiger partial charge in [0.15, 0.2) is 0 Å². The molecule has 3 rings (SSSR count). The van der Waals surface area contributed by atoms with Crippen LogP contribution in [0.4, 0.5) is 0 Å². The summed E-state index contributed by atoms with van der Waals surface area (Å²) in [6.45, 7) is 2.59. The van der Waals surface area contributed by atoms with Crippen molar-refractivity contribution in [3.8, 4) is 0 Å². The van der Waals surface area contributed by atoms with E-state index in [1.54, 1.807) is 0 Å². The second-order valence-corrected chi connectivity index (χ2v) is 7.45. The normalized spacial score (nSPS) is 33.8. The number of hydrogen-bond donors (Lipinski definition) is 2. The van der Waals surface area contributed by atoms with Crippen LogP contribution in [0.15, 0.2) is 0 Å². The fourth-order valence-corrected chi connectivity index (χ4v) is 3.91. The van der Waals surface area contributed by atoms with Crippen LogP contribution in [0, 0.1) is 17.8 Å². The first-order valence-electron chi connectivity index (χ1n) is 7.78. The molecule has 0 radical (unpaired) electrons. The number of nitrogens with one attached hydrogen (secondary N) is 2. The highest BCUT2D eigenvalue weighted by Crippen LogP contribution is 2.45. The van der Waals surface area contributed by atoms with E-state index in [9.17, 15) is 9.59 Å². The molecule has 3 atom stereocenters. The van der Waals surface area contributed by atoms with Crippen LogP contribution in [0.2, 0.25) is 0 Å². The van der Waals surface area contributed by atoms with Crippen molar-refractivity contribution in [1.29, 1.82) is 0 Å². The Morgan fingerprint density at radius 3 is 2.65 bits per heavy atom. The fraction of sp³-hybridized carbons (Fsp3) is 0.867. The van der Waals surface area contributed by atoms with E-state index in [0.29, 0.717) is 12.5 Å². The lowest BCUT2D eigenvalue weighted by atomic mass is 9.82. The van der Waals surface area contributed by atoms with Crippen LogP contribution in [0.25, 0.3) is 0 Å². The quantitative estimate of drug-likeness (QED) is 0.614. The SMILES string of the molecule is CC(NC(=O)C1C(=O)NCC1C1CCCC1)C1(Cl)CC1. The molecule has 112 valence electrons. The molecule has 0 spiro atoms. The number of halogens is 1. The van der Waals surface area contributed by atoms with Gasteiger partial charge in [-0.15, -0.1) is 11.6 Å². The molecule has 3 fully saturated rings. The van der Waals surface area contributed by atoms with Gasteiger partial charge >= 0.3 is 0 Å². The van der Waals surface area contributed by atoms with E-state index >= 15 is 0 Å². The number of amides is 2. The standard InChI is InChI=1S/C15H23ClN2O2/c1-9(15(16)6-7-15)18-14(20)12-11(8-17-13(12)19)10-4-2-3-5-10/h9-12H,2-8H2,1H3,(H,17,19)(H,18,20). The van der Waals surface area contributed by atoms with Crippen molar-refractivity contribution in [1.82, 2.24) is 10.6 Å². The lowest BCUT2D eigenvalue weighted by Crippen LogP contribution is -2.46. The summed E-state index contributed by atoms with van der Waals surface area (Å²) >= 11 is 6.33. The zero-order valence-electron chi connectivity index (χ0n) is 12.0. The topological polar surface area (TPSA) is 58.2 Å². The Balaban J connectivity index is 1.66. The average Bonchev–Trinajstić information content (AvgIpc) is 2.84. The molecule has 2 amide bonds. The van der Waals surface area contributed by atoms with Gasteiger partial charge in [-0.05, 0) is 31.6 Å². The van der Waals surface area contributed by atoms with Gasteiger partial charge in [0.1, 0.15) is 5.92 Å².